The smallest absolute Gasteiger partial charge is 0.109 e. The van der Waals surface area contributed by atoms with Crippen LogP contribution < -0.4 is 0 Å². The normalized spacial score (nSPS) is 22.8. The average Bonchev–Trinajstić information content (AvgIpc) is 2.71. The molecular weight excluding hydrogens is 236 g/mol. The number of hydrogen-bond acceptors (Lipinski definition) is 2. The molecule has 0 unspecified atom stereocenters. The maximum absolute atomic E-state index is 10.2. The van der Waals surface area contributed by atoms with Gasteiger partial charge in [0.1, 0.15) is 12.2 Å². The Morgan fingerprint density at radius 3 is 2.47 bits per heavy atom. The van der Waals surface area contributed by atoms with Crippen LogP contribution in [-0.4, -0.2) is 16.3 Å². The van der Waals surface area contributed by atoms with Gasteiger partial charge in [0.15, 0.2) is 0 Å². The summed E-state index contributed by atoms with van der Waals surface area (Å²) in [4.78, 5) is 0. The number of hydrogen-bond donors (Lipinski definition) is 2. The number of aliphatic hydroxyl groups excluding tert-OH is 2. The van der Waals surface area contributed by atoms with Gasteiger partial charge in [0.2, 0.25) is 0 Å². The third kappa shape index (κ3) is 1.33. The minimum atomic E-state index is -0.830. The van der Waals surface area contributed by atoms with Crippen molar-refractivity contribution in [2.45, 2.75) is 19.1 Å². The lowest BCUT2D eigenvalue weighted by Crippen LogP contribution is -2.21. The number of fused-ring (bicyclic) bond motifs is 3. The second-order valence-corrected chi connectivity index (χ2v) is 5.34. The Hall–Kier alpha value is -1.90. The molecule has 2 nitrogen and oxygen atoms in total. The van der Waals surface area contributed by atoms with Crippen LogP contribution in [0.15, 0.2) is 42.5 Å². The van der Waals surface area contributed by atoms with E-state index in [1.54, 1.807) is 6.08 Å². The van der Waals surface area contributed by atoms with Crippen molar-refractivity contribution >= 4 is 5.57 Å². The average molecular weight is 250 g/mol. The summed E-state index contributed by atoms with van der Waals surface area (Å²) < 4.78 is 0. The largest absolute Gasteiger partial charge is 0.386 e. The maximum atomic E-state index is 10.2. The molecule has 2 aliphatic carbocycles. The lowest BCUT2D eigenvalue weighted by Gasteiger charge is -2.25. The Morgan fingerprint density at radius 1 is 0.947 bits per heavy atom. The Labute approximate surface area is 111 Å². The fraction of sp³-hybridized carbons (Fsp3) is 0.176. The molecule has 0 saturated carbocycles. The predicted molar refractivity (Wildman–Crippen MR) is 74.7 cm³/mol. The number of aliphatic hydroxyl groups is 2. The standard InChI is InChI=1S/C17H14O2/c1-9-6-12-10-4-2-3-5-11(10)13-8-15(18)17(19)14(7-9)16(12)13/h2-8,15,17-19H,1H3/t15-,17-/m0/s1. The van der Waals surface area contributed by atoms with Crippen LogP contribution in [0.25, 0.3) is 16.7 Å². The third-order valence-electron chi connectivity index (χ3n) is 4.07. The molecule has 0 heterocycles. The van der Waals surface area contributed by atoms with E-state index in [9.17, 15) is 10.2 Å². The van der Waals surface area contributed by atoms with Crippen LogP contribution in [0, 0.1) is 6.92 Å². The molecule has 4 rings (SSSR count). The van der Waals surface area contributed by atoms with Gasteiger partial charge in [0, 0.05) is 0 Å². The van der Waals surface area contributed by atoms with E-state index in [1.165, 1.54) is 11.1 Å². The first-order valence-electron chi connectivity index (χ1n) is 6.49. The zero-order valence-electron chi connectivity index (χ0n) is 10.6. The Balaban J connectivity index is 2.15. The highest BCUT2D eigenvalue weighted by Gasteiger charge is 2.34. The van der Waals surface area contributed by atoms with E-state index in [4.69, 9.17) is 0 Å². The summed E-state index contributed by atoms with van der Waals surface area (Å²) in [5.74, 6) is 0. The summed E-state index contributed by atoms with van der Waals surface area (Å²) in [7, 11) is 0. The summed E-state index contributed by atoms with van der Waals surface area (Å²) in [5.41, 5.74) is 7.60. The molecule has 0 aliphatic heterocycles. The van der Waals surface area contributed by atoms with E-state index in [-0.39, 0.29) is 0 Å². The van der Waals surface area contributed by atoms with E-state index in [2.05, 4.69) is 18.2 Å². The second kappa shape index (κ2) is 3.56. The number of aryl methyl sites for hydroxylation is 1. The molecule has 2 aromatic rings. The lowest BCUT2D eigenvalue weighted by molar-refractivity contribution is 0.0467. The van der Waals surface area contributed by atoms with Gasteiger partial charge in [-0.25, -0.2) is 0 Å². The molecule has 2 atom stereocenters. The van der Waals surface area contributed by atoms with Crippen LogP contribution in [0.3, 0.4) is 0 Å². The molecule has 2 N–H and O–H groups in total. The van der Waals surface area contributed by atoms with Crippen molar-refractivity contribution in [3.8, 4) is 11.1 Å². The van der Waals surface area contributed by atoms with Crippen molar-refractivity contribution in [2.24, 2.45) is 0 Å². The van der Waals surface area contributed by atoms with E-state index >= 15 is 0 Å². The molecule has 0 spiro atoms. The highest BCUT2D eigenvalue weighted by molar-refractivity contribution is 6.03. The van der Waals surface area contributed by atoms with Crippen LogP contribution in [0.5, 0.6) is 0 Å². The quantitative estimate of drug-likeness (QED) is 0.644. The molecule has 0 saturated heterocycles. The summed E-state index contributed by atoms with van der Waals surface area (Å²) in [6, 6.07) is 12.3. The van der Waals surface area contributed by atoms with Gasteiger partial charge in [-0.1, -0.05) is 42.0 Å². The molecule has 0 fully saturated rings. The number of benzene rings is 2. The summed E-state index contributed by atoms with van der Waals surface area (Å²) in [6.07, 6.45) is 0.118. The summed E-state index contributed by atoms with van der Waals surface area (Å²) in [6.45, 7) is 2.02. The monoisotopic (exact) mass is 250 g/mol. The van der Waals surface area contributed by atoms with E-state index < -0.39 is 12.2 Å². The SMILES string of the molecule is Cc1cc2c3c(c1)[C@H](O)[C@@H](O)C=C3c1ccccc1-2. The number of rotatable bonds is 0. The predicted octanol–water partition coefficient (Wildman–Crippen LogP) is 2.82. The van der Waals surface area contributed by atoms with Crippen molar-refractivity contribution in [3.05, 3.63) is 64.7 Å². The Kier molecular flexibility index (Phi) is 2.06. The Morgan fingerprint density at radius 2 is 1.68 bits per heavy atom. The molecular formula is C17H14O2. The maximum Gasteiger partial charge on any atom is 0.109 e. The van der Waals surface area contributed by atoms with Gasteiger partial charge in [-0.15, -0.1) is 0 Å². The molecule has 2 aliphatic rings. The van der Waals surface area contributed by atoms with E-state index in [1.807, 2.05) is 25.1 Å². The fourth-order valence-electron chi connectivity index (χ4n) is 3.27. The van der Waals surface area contributed by atoms with Crippen LogP contribution in [0.2, 0.25) is 0 Å². The van der Waals surface area contributed by atoms with Crippen molar-refractivity contribution in [1.82, 2.24) is 0 Å². The van der Waals surface area contributed by atoms with Crippen LogP contribution in [0.4, 0.5) is 0 Å². The van der Waals surface area contributed by atoms with Crippen LogP contribution in [0.1, 0.15) is 28.4 Å². The first-order chi connectivity index (χ1) is 9.16. The van der Waals surface area contributed by atoms with Crippen molar-refractivity contribution < 1.29 is 10.2 Å². The molecule has 2 heteroatoms. The van der Waals surface area contributed by atoms with Crippen molar-refractivity contribution in [2.75, 3.05) is 0 Å². The molecule has 19 heavy (non-hydrogen) atoms. The van der Waals surface area contributed by atoms with Crippen molar-refractivity contribution in [3.63, 3.8) is 0 Å². The molecule has 0 radical (unpaired) electrons. The molecule has 94 valence electrons. The highest BCUT2D eigenvalue weighted by atomic mass is 16.3. The minimum absolute atomic E-state index is 0.827. The van der Waals surface area contributed by atoms with Gasteiger partial charge in [-0.2, -0.15) is 0 Å². The molecule has 0 aromatic heterocycles. The van der Waals surface area contributed by atoms with Crippen molar-refractivity contribution in [1.29, 1.82) is 0 Å². The molecule has 2 aromatic carbocycles. The van der Waals surface area contributed by atoms with Gasteiger partial charge < -0.3 is 10.2 Å². The van der Waals surface area contributed by atoms with Crippen LogP contribution in [-0.2, 0) is 0 Å². The zero-order valence-corrected chi connectivity index (χ0v) is 10.6. The second-order valence-electron chi connectivity index (χ2n) is 5.34. The molecule has 0 amide bonds. The lowest BCUT2D eigenvalue weighted by atomic mass is 9.85. The van der Waals surface area contributed by atoms with Gasteiger partial charge >= 0.3 is 0 Å². The first kappa shape index (κ1) is 11.0. The van der Waals surface area contributed by atoms with Gasteiger partial charge in [0.25, 0.3) is 0 Å². The van der Waals surface area contributed by atoms with E-state index in [0.29, 0.717) is 0 Å². The summed E-state index contributed by atoms with van der Waals surface area (Å²) in [5, 5.41) is 20.2. The first-order valence-corrected chi connectivity index (χ1v) is 6.49. The zero-order chi connectivity index (χ0) is 13.1. The van der Waals surface area contributed by atoms with Gasteiger partial charge in [-0.3, -0.25) is 0 Å². The highest BCUT2D eigenvalue weighted by Crippen LogP contribution is 2.50. The third-order valence-corrected chi connectivity index (χ3v) is 4.07. The minimum Gasteiger partial charge on any atom is -0.386 e. The summed E-state index contributed by atoms with van der Waals surface area (Å²) >= 11 is 0. The Bertz CT molecular complexity index is 728. The van der Waals surface area contributed by atoms with Gasteiger partial charge in [0.05, 0.1) is 0 Å². The van der Waals surface area contributed by atoms with Gasteiger partial charge in [-0.05, 0) is 46.4 Å². The topological polar surface area (TPSA) is 40.5 Å². The van der Waals surface area contributed by atoms with Crippen LogP contribution >= 0.6 is 0 Å². The van der Waals surface area contributed by atoms with E-state index in [0.717, 1.165) is 27.8 Å². The fourth-order valence-corrected chi connectivity index (χ4v) is 3.27. The molecule has 0 bridgehead atoms.